The molecule has 2 aromatic carbocycles. The van der Waals surface area contributed by atoms with Crippen molar-refractivity contribution in [2.75, 3.05) is 41.3 Å². The molecule has 0 bridgehead atoms. The van der Waals surface area contributed by atoms with E-state index in [1.165, 1.54) is 11.3 Å². The number of hydrogen-bond acceptors (Lipinski definition) is 6. The number of fused-ring (bicyclic) bond motifs is 1. The average molecular weight is 396 g/mol. The highest BCUT2D eigenvalue weighted by molar-refractivity contribution is 5.91. The van der Waals surface area contributed by atoms with Crippen LogP contribution in [0, 0.1) is 6.92 Å². The van der Waals surface area contributed by atoms with E-state index in [2.05, 4.69) is 68.4 Å². The number of hydrogen-bond donors (Lipinski definition) is 1. The van der Waals surface area contributed by atoms with Gasteiger partial charge in [-0.2, -0.15) is 4.98 Å². The molecule has 1 fully saturated rings. The lowest BCUT2D eigenvalue weighted by molar-refractivity contribution is 0.640. The first-order valence-electron chi connectivity index (χ1n) is 10.3. The van der Waals surface area contributed by atoms with Crippen LogP contribution >= 0.6 is 0 Å². The lowest BCUT2D eigenvalue weighted by Gasteiger charge is -2.36. The maximum atomic E-state index is 4.77. The van der Waals surface area contributed by atoms with Gasteiger partial charge in [-0.15, -0.1) is 0 Å². The Bertz CT molecular complexity index is 1160. The number of aryl methyl sites for hydroxylation is 1. The molecule has 1 N–H and O–H groups in total. The molecule has 2 aromatic heterocycles. The van der Waals surface area contributed by atoms with Gasteiger partial charge in [-0.1, -0.05) is 30.3 Å². The normalized spacial score (nSPS) is 14.2. The fraction of sp³-hybridized carbons (Fsp3) is 0.208. The zero-order valence-corrected chi connectivity index (χ0v) is 17.0. The molecule has 0 saturated carbocycles. The van der Waals surface area contributed by atoms with E-state index in [-0.39, 0.29) is 0 Å². The van der Waals surface area contributed by atoms with Gasteiger partial charge < -0.3 is 15.1 Å². The van der Waals surface area contributed by atoms with Crippen LogP contribution in [0.4, 0.5) is 23.1 Å². The van der Waals surface area contributed by atoms with E-state index in [1.807, 2.05) is 36.7 Å². The highest BCUT2D eigenvalue weighted by Crippen LogP contribution is 2.25. The molecule has 0 spiro atoms. The summed E-state index contributed by atoms with van der Waals surface area (Å²) in [5.41, 5.74) is 4.46. The largest absolute Gasteiger partial charge is 0.368 e. The Labute approximate surface area is 176 Å². The highest BCUT2D eigenvalue weighted by atomic mass is 15.3. The number of anilines is 4. The zero-order chi connectivity index (χ0) is 20.3. The maximum absolute atomic E-state index is 4.77. The Morgan fingerprint density at radius 2 is 1.60 bits per heavy atom. The van der Waals surface area contributed by atoms with Crippen LogP contribution in [0.1, 0.15) is 5.56 Å². The zero-order valence-electron chi connectivity index (χ0n) is 17.0. The fourth-order valence-electron chi connectivity index (χ4n) is 3.90. The van der Waals surface area contributed by atoms with E-state index in [0.29, 0.717) is 0 Å². The van der Waals surface area contributed by atoms with Crippen molar-refractivity contribution in [3.63, 3.8) is 0 Å². The molecule has 30 heavy (non-hydrogen) atoms. The molecule has 1 saturated heterocycles. The van der Waals surface area contributed by atoms with Crippen LogP contribution in [-0.2, 0) is 0 Å². The monoisotopic (exact) mass is 396 g/mol. The standard InChI is InChI=1S/C24H24N6/c1-18-5-2-8-20(17-18)29-13-15-30(16-14-29)24-26-12-10-22(28-24)27-21-9-3-6-19-7-4-11-25-23(19)21/h2-12,17H,13-16H2,1H3,(H,26,27,28). The van der Waals surface area contributed by atoms with Gasteiger partial charge in [0.05, 0.1) is 11.2 Å². The van der Waals surface area contributed by atoms with Crippen molar-refractivity contribution in [2.24, 2.45) is 0 Å². The summed E-state index contributed by atoms with van der Waals surface area (Å²) in [6.07, 6.45) is 3.63. The smallest absolute Gasteiger partial charge is 0.227 e. The summed E-state index contributed by atoms with van der Waals surface area (Å²) in [7, 11) is 0. The summed E-state index contributed by atoms with van der Waals surface area (Å²) >= 11 is 0. The molecule has 150 valence electrons. The van der Waals surface area contributed by atoms with Gasteiger partial charge in [0.2, 0.25) is 5.95 Å². The molecule has 4 aromatic rings. The molecule has 6 nitrogen and oxygen atoms in total. The number of piperazine rings is 1. The number of para-hydroxylation sites is 1. The molecule has 6 heteroatoms. The van der Waals surface area contributed by atoms with Gasteiger partial charge in [-0.05, 0) is 42.8 Å². The highest BCUT2D eigenvalue weighted by Gasteiger charge is 2.19. The molecular formula is C24H24N6. The predicted molar refractivity (Wildman–Crippen MR) is 123 cm³/mol. The first kappa shape index (κ1) is 18.4. The number of aromatic nitrogens is 3. The molecule has 5 rings (SSSR count). The summed E-state index contributed by atoms with van der Waals surface area (Å²) in [6, 6.07) is 20.7. The minimum absolute atomic E-state index is 0.761. The van der Waals surface area contributed by atoms with E-state index >= 15 is 0 Å². The molecule has 0 unspecified atom stereocenters. The Morgan fingerprint density at radius 1 is 0.800 bits per heavy atom. The quantitative estimate of drug-likeness (QED) is 0.552. The van der Waals surface area contributed by atoms with Gasteiger partial charge in [0.1, 0.15) is 5.82 Å². The van der Waals surface area contributed by atoms with Crippen molar-refractivity contribution in [3.8, 4) is 0 Å². The molecule has 0 radical (unpaired) electrons. The molecule has 0 aliphatic carbocycles. The van der Waals surface area contributed by atoms with E-state index in [9.17, 15) is 0 Å². The Hall–Kier alpha value is -3.67. The van der Waals surface area contributed by atoms with Gasteiger partial charge in [0.25, 0.3) is 0 Å². The van der Waals surface area contributed by atoms with Crippen LogP contribution in [0.25, 0.3) is 10.9 Å². The summed E-state index contributed by atoms with van der Waals surface area (Å²) in [5.74, 6) is 1.54. The van der Waals surface area contributed by atoms with Gasteiger partial charge in [0.15, 0.2) is 0 Å². The third kappa shape index (κ3) is 3.76. The van der Waals surface area contributed by atoms with Gasteiger partial charge >= 0.3 is 0 Å². The van der Waals surface area contributed by atoms with Gasteiger partial charge in [-0.25, -0.2) is 4.98 Å². The summed E-state index contributed by atoms with van der Waals surface area (Å²) in [6.45, 7) is 5.84. The van der Waals surface area contributed by atoms with Crippen molar-refractivity contribution >= 4 is 34.0 Å². The van der Waals surface area contributed by atoms with Crippen molar-refractivity contribution in [1.82, 2.24) is 15.0 Å². The minimum Gasteiger partial charge on any atom is -0.368 e. The second-order valence-corrected chi connectivity index (χ2v) is 7.56. The van der Waals surface area contributed by atoms with E-state index < -0.39 is 0 Å². The Morgan fingerprint density at radius 3 is 2.47 bits per heavy atom. The van der Waals surface area contributed by atoms with Crippen LogP contribution in [0.3, 0.4) is 0 Å². The van der Waals surface area contributed by atoms with Crippen molar-refractivity contribution < 1.29 is 0 Å². The second-order valence-electron chi connectivity index (χ2n) is 7.56. The van der Waals surface area contributed by atoms with Gasteiger partial charge in [0, 0.05) is 49.6 Å². The number of nitrogens with zero attached hydrogens (tertiary/aromatic N) is 5. The number of benzene rings is 2. The summed E-state index contributed by atoms with van der Waals surface area (Å²) in [4.78, 5) is 18.5. The Balaban J connectivity index is 1.31. The molecule has 0 amide bonds. The van der Waals surface area contributed by atoms with Crippen molar-refractivity contribution in [1.29, 1.82) is 0 Å². The average Bonchev–Trinajstić information content (AvgIpc) is 2.80. The number of pyridine rings is 1. The number of nitrogens with one attached hydrogen (secondary N) is 1. The summed E-state index contributed by atoms with van der Waals surface area (Å²) < 4.78 is 0. The first-order valence-corrected chi connectivity index (χ1v) is 10.3. The van der Waals surface area contributed by atoms with Gasteiger partial charge in [-0.3, -0.25) is 4.98 Å². The number of rotatable bonds is 4. The van der Waals surface area contributed by atoms with Crippen LogP contribution < -0.4 is 15.1 Å². The van der Waals surface area contributed by atoms with E-state index in [0.717, 1.165) is 54.5 Å². The predicted octanol–water partition coefficient (Wildman–Crippen LogP) is 4.40. The fourth-order valence-corrected chi connectivity index (χ4v) is 3.90. The van der Waals surface area contributed by atoms with Crippen molar-refractivity contribution in [3.05, 3.63) is 78.6 Å². The molecular weight excluding hydrogens is 372 g/mol. The molecule has 3 heterocycles. The molecule has 0 atom stereocenters. The third-order valence-corrected chi connectivity index (χ3v) is 5.47. The van der Waals surface area contributed by atoms with E-state index in [1.54, 1.807) is 0 Å². The lowest BCUT2D eigenvalue weighted by atomic mass is 10.2. The van der Waals surface area contributed by atoms with Crippen LogP contribution in [0.2, 0.25) is 0 Å². The third-order valence-electron chi connectivity index (χ3n) is 5.47. The van der Waals surface area contributed by atoms with Crippen LogP contribution in [0.15, 0.2) is 73.1 Å². The SMILES string of the molecule is Cc1cccc(N2CCN(c3nccc(Nc4cccc5cccnc45)n3)CC2)c1. The lowest BCUT2D eigenvalue weighted by Crippen LogP contribution is -2.47. The molecule has 1 aliphatic rings. The maximum Gasteiger partial charge on any atom is 0.227 e. The topological polar surface area (TPSA) is 57.2 Å². The first-order chi connectivity index (χ1) is 14.8. The summed E-state index contributed by atoms with van der Waals surface area (Å²) in [5, 5.41) is 4.52. The van der Waals surface area contributed by atoms with Crippen LogP contribution in [0.5, 0.6) is 0 Å². The minimum atomic E-state index is 0.761. The van der Waals surface area contributed by atoms with Crippen molar-refractivity contribution in [2.45, 2.75) is 6.92 Å². The Kier molecular flexibility index (Phi) is 4.89. The molecule has 1 aliphatic heterocycles. The van der Waals surface area contributed by atoms with Crippen LogP contribution in [-0.4, -0.2) is 41.1 Å². The van der Waals surface area contributed by atoms with E-state index in [4.69, 9.17) is 4.98 Å². The second kappa shape index (κ2) is 7.99.